The van der Waals surface area contributed by atoms with E-state index < -0.39 is 43.3 Å². The molecule has 180 valence electrons. The van der Waals surface area contributed by atoms with E-state index in [0.29, 0.717) is 0 Å². The summed E-state index contributed by atoms with van der Waals surface area (Å²) in [4.78, 5) is 12.9. The van der Waals surface area contributed by atoms with Crippen molar-refractivity contribution in [3.63, 3.8) is 0 Å². The summed E-state index contributed by atoms with van der Waals surface area (Å²) in [6.07, 6.45) is -6.86. The monoisotopic (exact) mass is 502 g/mol. The Morgan fingerprint density at radius 3 is 2.39 bits per heavy atom. The maximum atomic E-state index is 12.9. The van der Waals surface area contributed by atoms with Gasteiger partial charge in [0.1, 0.15) is 35.5 Å². The minimum atomic E-state index is -1.59. The fourth-order valence-electron chi connectivity index (χ4n) is 3.36. The topological polar surface area (TPSA) is 124 Å². The van der Waals surface area contributed by atoms with Gasteiger partial charge in [-0.2, -0.15) is 0 Å². The molecular formula is C22H24Cl2O9. The maximum absolute atomic E-state index is 12.9. The Balaban J connectivity index is 1.84. The van der Waals surface area contributed by atoms with Crippen LogP contribution in [0.5, 0.6) is 11.5 Å². The first-order valence-electron chi connectivity index (χ1n) is 9.91. The second-order valence-corrected chi connectivity index (χ2v) is 7.95. The molecule has 9 nitrogen and oxygen atoms in total. The molecule has 2 aromatic rings. The van der Waals surface area contributed by atoms with Crippen molar-refractivity contribution in [3.8, 4) is 11.5 Å². The van der Waals surface area contributed by atoms with Crippen LogP contribution >= 0.6 is 23.2 Å². The largest absolute Gasteiger partial charge is 0.494 e. The summed E-state index contributed by atoms with van der Waals surface area (Å²) in [7, 11) is 2.57. The number of hydrogen-bond acceptors (Lipinski definition) is 9. The van der Waals surface area contributed by atoms with Gasteiger partial charge in [-0.25, -0.2) is 4.79 Å². The maximum Gasteiger partial charge on any atom is 0.342 e. The minimum absolute atomic E-state index is 0.0350. The molecule has 2 aromatic carbocycles. The lowest BCUT2D eigenvalue weighted by atomic mass is 9.99. The highest BCUT2D eigenvalue weighted by Crippen LogP contribution is 2.43. The predicted octanol–water partition coefficient (Wildman–Crippen LogP) is 2.19. The highest BCUT2D eigenvalue weighted by atomic mass is 35.5. The quantitative estimate of drug-likeness (QED) is 0.465. The molecule has 0 saturated carbocycles. The van der Waals surface area contributed by atoms with E-state index in [2.05, 4.69) is 0 Å². The lowest BCUT2D eigenvalue weighted by Crippen LogP contribution is -2.60. The van der Waals surface area contributed by atoms with Crippen LogP contribution in [0.4, 0.5) is 0 Å². The number of aliphatic hydroxyl groups excluding tert-OH is 3. The molecule has 33 heavy (non-hydrogen) atoms. The molecule has 1 aliphatic rings. The van der Waals surface area contributed by atoms with Crippen LogP contribution in [0.2, 0.25) is 10.0 Å². The summed E-state index contributed by atoms with van der Waals surface area (Å²) in [5.74, 6) is -0.898. The summed E-state index contributed by atoms with van der Waals surface area (Å²) >= 11 is 12.7. The van der Waals surface area contributed by atoms with Crippen LogP contribution < -0.4 is 9.47 Å². The summed E-state index contributed by atoms with van der Waals surface area (Å²) in [5, 5.41) is 29.8. The number of benzene rings is 2. The summed E-state index contributed by atoms with van der Waals surface area (Å²) in [6.45, 7) is -0.388. The molecule has 0 unspecified atom stereocenters. The number of rotatable bonds is 8. The molecule has 1 saturated heterocycles. The Hall–Kier alpha value is -2.11. The van der Waals surface area contributed by atoms with Crippen molar-refractivity contribution in [1.29, 1.82) is 0 Å². The van der Waals surface area contributed by atoms with Crippen LogP contribution in [0.25, 0.3) is 0 Å². The van der Waals surface area contributed by atoms with Crippen molar-refractivity contribution in [1.82, 2.24) is 0 Å². The average Bonchev–Trinajstić information content (AvgIpc) is 2.82. The van der Waals surface area contributed by atoms with Crippen LogP contribution in [0.3, 0.4) is 0 Å². The van der Waals surface area contributed by atoms with Crippen molar-refractivity contribution in [2.75, 3.05) is 20.8 Å². The predicted molar refractivity (Wildman–Crippen MR) is 118 cm³/mol. The van der Waals surface area contributed by atoms with Crippen LogP contribution in [0.15, 0.2) is 36.4 Å². The van der Waals surface area contributed by atoms with Crippen molar-refractivity contribution in [2.45, 2.75) is 37.3 Å². The van der Waals surface area contributed by atoms with E-state index in [9.17, 15) is 20.1 Å². The molecule has 3 rings (SSSR count). The number of carbonyl (C=O) groups excluding carboxylic acids is 1. The van der Waals surface area contributed by atoms with Gasteiger partial charge in [0.2, 0.25) is 0 Å². The van der Waals surface area contributed by atoms with Gasteiger partial charge >= 0.3 is 5.97 Å². The normalized spacial score (nSPS) is 24.9. The first-order chi connectivity index (χ1) is 15.8. The molecule has 0 amide bonds. The summed E-state index contributed by atoms with van der Waals surface area (Å²) in [5.41, 5.74) is 0.740. The average molecular weight is 503 g/mol. The lowest BCUT2D eigenvalue weighted by molar-refractivity contribution is -0.293. The smallest absolute Gasteiger partial charge is 0.342 e. The second kappa shape index (κ2) is 11.3. The third-order valence-corrected chi connectivity index (χ3v) is 5.71. The molecule has 0 aromatic heterocycles. The van der Waals surface area contributed by atoms with Crippen LogP contribution in [-0.4, -0.2) is 72.8 Å². The zero-order chi connectivity index (χ0) is 24.1. The molecule has 0 radical (unpaired) electrons. The molecule has 1 aliphatic heterocycles. The molecular weight excluding hydrogens is 479 g/mol. The standard InChI is InChI=1S/C22H24Cl2O9/c1-29-18-12(8-13(23)19(15(18)24)31-10-11-6-4-3-5-7-11)21(28)33-20-17(27)16(26)14(9-25)32-22(20)30-2/h3-8,14,16-17,20,22,25-27H,9-10H2,1-2H3/t14-,16-,17+,20-,22+/m1/s1. The van der Waals surface area contributed by atoms with Gasteiger partial charge in [0, 0.05) is 7.11 Å². The Morgan fingerprint density at radius 2 is 1.79 bits per heavy atom. The van der Waals surface area contributed by atoms with E-state index >= 15 is 0 Å². The van der Waals surface area contributed by atoms with Gasteiger partial charge in [-0.15, -0.1) is 0 Å². The van der Waals surface area contributed by atoms with E-state index in [4.69, 9.17) is 46.9 Å². The van der Waals surface area contributed by atoms with Crippen molar-refractivity contribution in [2.24, 2.45) is 0 Å². The number of methoxy groups -OCH3 is 2. The number of ether oxygens (including phenoxy) is 5. The fraction of sp³-hybridized carbons (Fsp3) is 0.409. The lowest BCUT2D eigenvalue weighted by Gasteiger charge is -2.40. The van der Waals surface area contributed by atoms with Gasteiger partial charge in [0.15, 0.2) is 23.9 Å². The minimum Gasteiger partial charge on any atom is -0.494 e. The van der Waals surface area contributed by atoms with Gasteiger partial charge in [-0.1, -0.05) is 53.5 Å². The molecule has 11 heteroatoms. The molecule has 0 aliphatic carbocycles. The van der Waals surface area contributed by atoms with Crippen LogP contribution in [0, 0.1) is 0 Å². The number of hydrogen-bond donors (Lipinski definition) is 3. The summed E-state index contributed by atoms with van der Waals surface area (Å²) in [6, 6.07) is 10.6. The molecule has 1 fully saturated rings. The van der Waals surface area contributed by atoms with Gasteiger partial charge in [-0.05, 0) is 11.6 Å². The summed E-state index contributed by atoms with van der Waals surface area (Å²) < 4.78 is 26.8. The Morgan fingerprint density at radius 1 is 1.09 bits per heavy atom. The van der Waals surface area contributed by atoms with Gasteiger partial charge in [-0.3, -0.25) is 0 Å². The van der Waals surface area contributed by atoms with Gasteiger partial charge in [0.25, 0.3) is 0 Å². The molecule has 0 bridgehead atoms. The molecule has 5 atom stereocenters. The van der Waals surface area contributed by atoms with E-state index in [-0.39, 0.29) is 33.7 Å². The second-order valence-electron chi connectivity index (χ2n) is 7.17. The van der Waals surface area contributed by atoms with Crippen molar-refractivity contribution >= 4 is 29.2 Å². The number of halogens is 2. The van der Waals surface area contributed by atoms with Crippen molar-refractivity contribution < 1.29 is 43.8 Å². The molecule has 1 heterocycles. The third-order valence-electron chi connectivity index (χ3n) is 5.08. The Bertz CT molecular complexity index is 955. The van der Waals surface area contributed by atoms with E-state index in [0.717, 1.165) is 5.56 Å². The highest BCUT2D eigenvalue weighted by molar-refractivity contribution is 6.38. The van der Waals surface area contributed by atoms with E-state index in [1.807, 2.05) is 30.3 Å². The molecule has 0 spiro atoms. The van der Waals surface area contributed by atoms with Gasteiger partial charge in [0.05, 0.1) is 18.7 Å². The zero-order valence-corrected chi connectivity index (χ0v) is 19.3. The first kappa shape index (κ1) is 25.5. The number of carbonyl (C=O) groups is 1. The Kier molecular flexibility index (Phi) is 8.77. The first-order valence-corrected chi connectivity index (χ1v) is 10.7. The highest BCUT2D eigenvalue weighted by Gasteiger charge is 2.47. The number of esters is 1. The third kappa shape index (κ3) is 5.52. The SMILES string of the molecule is COc1c(C(=O)O[C@H]2[C@@H](OC)O[C@H](CO)[C@@H](O)[C@@H]2O)cc(Cl)c(OCc2ccccc2)c1Cl. The van der Waals surface area contributed by atoms with Crippen LogP contribution in [-0.2, 0) is 20.8 Å². The number of aliphatic hydroxyl groups is 3. The molecule has 3 N–H and O–H groups in total. The Labute approximate surface area is 200 Å². The fourth-order valence-corrected chi connectivity index (χ4v) is 4.00. The van der Waals surface area contributed by atoms with E-state index in [1.165, 1.54) is 20.3 Å². The van der Waals surface area contributed by atoms with Crippen molar-refractivity contribution in [3.05, 3.63) is 57.6 Å². The van der Waals surface area contributed by atoms with Gasteiger partial charge < -0.3 is 39.0 Å². The zero-order valence-electron chi connectivity index (χ0n) is 17.8. The van der Waals surface area contributed by atoms with E-state index in [1.54, 1.807) is 0 Å². The van der Waals surface area contributed by atoms with Crippen LogP contribution in [0.1, 0.15) is 15.9 Å².